The Bertz CT molecular complexity index is 675. The number of para-hydroxylation sites is 1. The predicted octanol–water partition coefficient (Wildman–Crippen LogP) is 4.91. The molecule has 2 aromatic rings. The highest BCUT2D eigenvalue weighted by Gasteiger charge is 2.19. The molecule has 0 unspecified atom stereocenters. The molecule has 0 aliphatic heterocycles. The van der Waals surface area contributed by atoms with Gasteiger partial charge in [0.1, 0.15) is 0 Å². The molecule has 0 aliphatic rings. The van der Waals surface area contributed by atoms with Crippen LogP contribution >= 0.6 is 12.0 Å². The molecule has 0 spiro atoms. The average molecular weight is 303 g/mol. The summed E-state index contributed by atoms with van der Waals surface area (Å²) in [5.74, 6) is 0.282. The molecule has 0 radical (unpaired) electrons. The number of nitrogens with zero attached hydrogens (tertiary/aromatic N) is 1. The maximum Gasteiger partial charge on any atom is 0.315 e. The number of hydrogen-bond donors (Lipinski definition) is 0. The summed E-state index contributed by atoms with van der Waals surface area (Å²) in [7, 11) is 0. The lowest BCUT2D eigenvalue weighted by molar-refractivity contribution is -0.386. The van der Waals surface area contributed by atoms with Gasteiger partial charge in [-0.15, -0.1) is 0 Å². The lowest BCUT2D eigenvalue weighted by Gasteiger charge is -2.11. The Balaban J connectivity index is 2.29. The van der Waals surface area contributed by atoms with E-state index in [9.17, 15) is 10.1 Å². The van der Waals surface area contributed by atoms with E-state index in [0.717, 1.165) is 16.0 Å². The minimum atomic E-state index is -0.403. The molecule has 0 amide bonds. The van der Waals surface area contributed by atoms with Gasteiger partial charge in [0.15, 0.2) is 0 Å². The van der Waals surface area contributed by atoms with Gasteiger partial charge in [-0.3, -0.25) is 10.1 Å². The Hall–Kier alpha value is -2.01. The van der Waals surface area contributed by atoms with Gasteiger partial charge < -0.3 is 4.18 Å². The van der Waals surface area contributed by atoms with E-state index < -0.39 is 4.92 Å². The number of rotatable bonds is 4. The van der Waals surface area contributed by atoms with Crippen LogP contribution in [0.3, 0.4) is 0 Å². The van der Waals surface area contributed by atoms with Crippen molar-refractivity contribution >= 4 is 17.7 Å². The van der Waals surface area contributed by atoms with Crippen molar-refractivity contribution in [3.8, 4) is 5.75 Å². The van der Waals surface area contributed by atoms with Gasteiger partial charge in [0.25, 0.3) is 0 Å². The summed E-state index contributed by atoms with van der Waals surface area (Å²) in [5, 5.41) is 11.1. The van der Waals surface area contributed by atoms with Crippen molar-refractivity contribution in [3.63, 3.8) is 0 Å². The lowest BCUT2D eigenvalue weighted by atomic mass is 10.1. The van der Waals surface area contributed by atoms with Gasteiger partial charge in [0.2, 0.25) is 5.75 Å². The van der Waals surface area contributed by atoms with E-state index in [1.54, 1.807) is 25.1 Å². The molecule has 2 aromatic carbocycles. The SMILES string of the molecule is Cc1cc(C)c(SOc2cccc(C)c2[N+](=O)[O-])c(C)c1. The van der Waals surface area contributed by atoms with Crippen LogP contribution in [0.2, 0.25) is 0 Å². The molecule has 2 rings (SSSR count). The molecule has 110 valence electrons. The minimum absolute atomic E-state index is 0.0208. The molecule has 0 N–H and O–H groups in total. The van der Waals surface area contributed by atoms with Crippen LogP contribution in [0.5, 0.6) is 5.75 Å². The molecule has 21 heavy (non-hydrogen) atoms. The molecule has 0 saturated carbocycles. The van der Waals surface area contributed by atoms with Crippen LogP contribution in [-0.4, -0.2) is 4.92 Å². The van der Waals surface area contributed by atoms with E-state index in [1.165, 1.54) is 17.6 Å². The fraction of sp³-hybridized carbons (Fsp3) is 0.250. The Morgan fingerprint density at radius 2 is 1.67 bits per heavy atom. The summed E-state index contributed by atoms with van der Waals surface area (Å²) in [6.45, 7) is 7.77. The largest absolute Gasteiger partial charge is 0.413 e. The van der Waals surface area contributed by atoms with E-state index in [1.807, 2.05) is 20.8 Å². The van der Waals surface area contributed by atoms with Gasteiger partial charge in [-0.05, 0) is 44.9 Å². The molecular formula is C16H17NO3S. The van der Waals surface area contributed by atoms with E-state index in [0.29, 0.717) is 5.56 Å². The van der Waals surface area contributed by atoms with Crippen molar-refractivity contribution < 1.29 is 9.11 Å². The van der Waals surface area contributed by atoms with Crippen molar-refractivity contribution in [2.24, 2.45) is 0 Å². The quantitative estimate of drug-likeness (QED) is 0.457. The molecule has 0 aliphatic carbocycles. The van der Waals surface area contributed by atoms with Gasteiger partial charge in [-0.2, -0.15) is 0 Å². The summed E-state index contributed by atoms with van der Waals surface area (Å²) in [4.78, 5) is 11.7. The van der Waals surface area contributed by atoms with Gasteiger partial charge in [-0.1, -0.05) is 29.8 Å². The third kappa shape index (κ3) is 3.36. The highest BCUT2D eigenvalue weighted by atomic mass is 32.2. The van der Waals surface area contributed by atoms with Crippen LogP contribution in [-0.2, 0) is 0 Å². The Labute approximate surface area is 128 Å². The molecule has 0 aromatic heterocycles. The molecule has 0 bridgehead atoms. The summed E-state index contributed by atoms with van der Waals surface area (Å²) in [5.41, 5.74) is 4.01. The van der Waals surface area contributed by atoms with Gasteiger partial charge >= 0.3 is 5.69 Å². The normalized spacial score (nSPS) is 10.5. The minimum Gasteiger partial charge on any atom is -0.413 e. The highest BCUT2D eigenvalue weighted by molar-refractivity contribution is 7.95. The van der Waals surface area contributed by atoms with Crippen LogP contribution < -0.4 is 4.18 Å². The van der Waals surface area contributed by atoms with Crippen LogP contribution in [0.15, 0.2) is 35.2 Å². The van der Waals surface area contributed by atoms with Crippen LogP contribution in [0.25, 0.3) is 0 Å². The highest BCUT2D eigenvalue weighted by Crippen LogP contribution is 2.36. The van der Waals surface area contributed by atoms with E-state index >= 15 is 0 Å². The van der Waals surface area contributed by atoms with E-state index in [4.69, 9.17) is 4.18 Å². The molecule has 4 nitrogen and oxygen atoms in total. The first-order valence-electron chi connectivity index (χ1n) is 6.56. The molecule has 5 heteroatoms. The van der Waals surface area contributed by atoms with Crippen molar-refractivity contribution in [2.75, 3.05) is 0 Å². The third-order valence-electron chi connectivity index (χ3n) is 3.20. The van der Waals surface area contributed by atoms with Crippen molar-refractivity contribution in [1.82, 2.24) is 0 Å². The lowest BCUT2D eigenvalue weighted by Crippen LogP contribution is -1.96. The summed E-state index contributed by atoms with van der Waals surface area (Å²) < 4.78 is 5.64. The maximum atomic E-state index is 11.1. The number of hydrogen-bond acceptors (Lipinski definition) is 4. The fourth-order valence-corrected chi connectivity index (χ4v) is 3.01. The van der Waals surface area contributed by atoms with Crippen molar-refractivity contribution in [1.29, 1.82) is 0 Å². The molecule has 0 atom stereocenters. The van der Waals surface area contributed by atoms with E-state index in [2.05, 4.69) is 12.1 Å². The number of nitro benzene ring substituents is 1. The van der Waals surface area contributed by atoms with Gasteiger partial charge in [-0.25, -0.2) is 0 Å². The summed E-state index contributed by atoms with van der Waals surface area (Å²) in [6, 6.07) is 9.23. The van der Waals surface area contributed by atoms with Crippen LogP contribution in [0.4, 0.5) is 5.69 Å². The third-order valence-corrected chi connectivity index (χ3v) is 4.28. The van der Waals surface area contributed by atoms with Crippen LogP contribution in [0, 0.1) is 37.8 Å². The fourth-order valence-electron chi connectivity index (χ4n) is 2.32. The zero-order valence-corrected chi connectivity index (χ0v) is 13.3. The summed E-state index contributed by atoms with van der Waals surface area (Å²) in [6.07, 6.45) is 0. The first-order valence-corrected chi connectivity index (χ1v) is 7.30. The Morgan fingerprint density at radius 3 is 2.24 bits per heavy atom. The predicted molar refractivity (Wildman–Crippen MR) is 85.0 cm³/mol. The second-order valence-corrected chi connectivity index (χ2v) is 5.81. The Kier molecular flexibility index (Phi) is 4.53. The number of aryl methyl sites for hydroxylation is 4. The maximum absolute atomic E-state index is 11.1. The van der Waals surface area contributed by atoms with Gasteiger partial charge in [0, 0.05) is 5.56 Å². The average Bonchev–Trinajstić information content (AvgIpc) is 2.36. The molecule has 0 fully saturated rings. The first-order chi connectivity index (χ1) is 9.90. The molecule has 0 heterocycles. The summed E-state index contributed by atoms with van der Waals surface area (Å²) >= 11 is 1.17. The number of nitro groups is 1. The first kappa shape index (κ1) is 15.4. The Morgan fingerprint density at radius 1 is 1.05 bits per heavy atom. The van der Waals surface area contributed by atoms with Crippen molar-refractivity contribution in [3.05, 3.63) is 62.7 Å². The van der Waals surface area contributed by atoms with Crippen molar-refractivity contribution in [2.45, 2.75) is 32.6 Å². The molecule has 0 saturated heterocycles. The van der Waals surface area contributed by atoms with E-state index in [-0.39, 0.29) is 11.4 Å². The monoisotopic (exact) mass is 303 g/mol. The molecular weight excluding hydrogens is 286 g/mol. The zero-order valence-electron chi connectivity index (χ0n) is 12.5. The second-order valence-electron chi connectivity index (χ2n) is 5.07. The second kappa shape index (κ2) is 6.18. The van der Waals surface area contributed by atoms with Crippen LogP contribution in [0.1, 0.15) is 22.3 Å². The number of benzene rings is 2. The zero-order chi connectivity index (χ0) is 15.6. The standard InChI is InChI=1S/C16H17NO3S/c1-10-8-12(3)16(13(4)9-10)21-20-14-7-5-6-11(2)15(14)17(18)19/h5-9H,1-4H3. The van der Waals surface area contributed by atoms with Gasteiger partial charge in [0.05, 0.1) is 21.9 Å². The smallest absolute Gasteiger partial charge is 0.315 e. The topological polar surface area (TPSA) is 52.4 Å².